The molecule has 21 heavy (non-hydrogen) atoms. The highest BCUT2D eigenvalue weighted by Crippen LogP contribution is 2.32. The smallest absolute Gasteiger partial charge is 0.312 e. The molecule has 0 unspecified atom stereocenters. The van der Waals surface area contributed by atoms with Gasteiger partial charge in [-0.1, -0.05) is 19.9 Å². The molecular weight excluding hydrogens is 352 g/mol. The third-order valence-corrected chi connectivity index (χ3v) is 4.96. The first-order chi connectivity index (χ1) is 9.97. The molecule has 2 rings (SSSR count). The average Bonchev–Trinajstić information content (AvgIpc) is 2.73. The highest BCUT2D eigenvalue weighted by molar-refractivity contribution is 9.10. The summed E-state index contributed by atoms with van der Waals surface area (Å²) in [6.45, 7) is 6.24. The quantitative estimate of drug-likeness (QED) is 0.820. The van der Waals surface area contributed by atoms with Crippen molar-refractivity contribution in [3.05, 3.63) is 38.7 Å². The number of H-pyrrole nitrogens is 1. The maximum absolute atomic E-state index is 11.4. The van der Waals surface area contributed by atoms with E-state index in [4.69, 9.17) is 0 Å². The third-order valence-electron chi connectivity index (χ3n) is 2.92. The van der Waals surface area contributed by atoms with Crippen molar-refractivity contribution in [2.45, 2.75) is 30.4 Å². The number of benzene rings is 1. The topological polar surface area (TPSA) is 62.7 Å². The van der Waals surface area contributed by atoms with Crippen molar-refractivity contribution in [3.63, 3.8) is 0 Å². The lowest BCUT2D eigenvalue weighted by Crippen LogP contribution is -2.18. The van der Waals surface area contributed by atoms with E-state index in [1.165, 1.54) is 21.9 Å². The molecule has 1 aromatic heterocycles. The van der Waals surface area contributed by atoms with E-state index in [1.54, 1.807) is 7.05 Å². The number of hydrogen-bond donors (Lipinski definition) is 2. The Bertz CT molecular complexity index is 665. The number of rotatable bonds is 6. The largest absolute Gasteiger partial charge is 0.343 e. The summed E-state index contributed by atoms with van der Waals surface area (Å²) >= 11 is 5.04. The van der Waals surface area contributed by atoms with Crippen molar-refractivity contribution in [1.82, 2.24) is 20.1 Å². The molecule has 1 heterocycles. The van der Waals surface area contributed by atoms with Crippen LogP contribution in [-0.4, -0.2) is 21.3 Å². The summed E-state index contributed by atoms with van der Waals surface area (Å²) in [4.78, 5) is 12.4. The second-order valence-corrected chi connectivity index (χ2v) is 7.13. The second-order valence-electron chi connectivity index (χ2n) is 5.26. The van der Waals surface area contributed by atoms with Crippen LogP contribution < -0.4 is 11.0 Å². The Kier molecular flexibility index (Phi) is 5.66. The maximum atomic E-state index is 11.4. The first kappa shape index (κ1) is 16.3. The Balaban J connectivity index is 2.05. The van der Waals surface area contributed by atoms with Crippen LogP contribution in [0.15, 0.2) is 37.5 Å². The van der Waals surface area contributed by atoms with Gasteiger partial charge in [-0.25, -0.2) is 9.89 Å². The monoisotopic (exact) mass is 370 g/mol. The van der Waals surface area contributed by atoms with Gasteiger partial charge in [-0.2, -0.15) is 0 Å². The minimum absolute atomic E-state index is 0.205. The lowest BCUT2D eigenvalue weighted by Gasteiger charge is -2.09. The lowest BCUT2D eigenvalue weighted by molar-refractivity contribution is 0.552. The zero-order valence-corrected chi connectivity index (χ0v) is 14.7. The van der Waals surface area contributed by atoms with Crippen LogP contribution in [0.25, 0.3) is 0 Å². The fraction of sp³-hybridized carbons (Fsp3) is 0.429. The summed E-state index contributed by atoms with van der Waals surface area (Å²) < 4.78 is 2.50. The molecule has 0 spiro atoms. The zero-order chi connectivity index (χ0) is 15.4. The normalized spacial score (nSPS) is 11.3. The van der Waals surface area contributed by atoms with E-state index in [2.05, 4.69) is 57.4 Å². The average molecular weight is 371 g/mol. The standard InChI is InChI=1S/C14H19BrN4OS/c1-9(2)7-16-8-10-4-5-12(11(15)6-10)21-14-18-17-13(20)19(14)3/h4-6,9,16H,7-8H2,1-3H3,(H,17,20). The van der Waals surface area contributed by atoms with Crippen molar-refractivity contribution >= 4 is 27.7 Å². The molecule has 2 aromatic rings. The number of halogens is 1. The molecule has 0 aliphatic rings. The fourth-order valence-corrected chi connectivity index (χ4v) is 3.23. The first-order valence-electron chi connectivity index (χ1n) is 6.75. The van der Waals surface area contributed by atoms with Crippen molar-refractivity contribution in [2.24, 2.45) is 13.0 Å². The summed E-state index contributed by atoms with van der Waals surface area (Å²) in [7, 11) is 1.70. The van der Waals surface area contributed by atoms with Crippen LogP contribution in [0, 0.1) is 5.92 Å². The van der Waals surface area contributed by atoms with E-state index >= 15 is 0 Å². The highest BCUT2D eigenvalue weighted by Gasteiger charge is 2.09. The number of aromatic amines is 1. The van der Waals surface area contributed by atoms with E-state index < -0.39 is 0 Å². The number of nitrogens with one attached hydrogen (secondary N) is 2. The van der Waals surface area contributed by atoms with E-state index in [1.807, 2.05) is 6.07 Å². The number of aromatic nitrogens is 3. The summed E-state index contributed by atoms with van der Waals surface area (Å²) in [6.07, 6.45) is 0. The van der Waals surface area contributed by atoms with Gasteiger partial charge in [0.15, 0.2) is 5.16 Å². The second kappa shape index (κ2) is 7.29. The van der Waals surface area contributed by atoms with Crippen LogP contribution in [0.2, 0.25) is 0 Å². The van der Waals surface area contributed by atoms with Crippen molar-refractivity contribution in [3.8, 4) is 0 Å². The summed E-state index contributed by atoms with van der Waals surface area (Å²) in [5.41, 5.74) is 1.02. The molecule has 0 radical (unpaired) electrons. The van der Waals surface area contributed by atoms with E-state index in [0.717, 1.165) is 22.5 Å². The highest BCUT2D eigenvalue weighted by atomic mass is 79.9. The predicted molar refractivity (Wildman–Crippen MR) is 88.6 cm³/mol. The summed E-state index contributed by atoms with van der Waals surface area (Å²) in [6, 6.07) is 6.23. The van der Waals surface area contributed by atoms with Gasteiger partial charge in [0.05, 0.1) is 0 Å². The van der Waals surface area contributed by atoms with Gasteiger partial charge in [-0.15, -0.1) is 5.10 Å². The van der Waals surface area contributed by atoms with E-state index in [0.29, 0.717) is 11.1 Å². The molecule has 5 nitrogen and oxygen atoms in total. The fourth-order valence-electron chi connectivity index (χ4n) is 1.76. The summed E-state index contributed by atoms with van der Waals surface area (Å²) in [5.74, 6) is 0.643. The molecular formula is C14H19BrN4OS. The van der Waals surface area contributed by atoms with Crippen LogP contribution >= 0.6 is 27.7 Å². The molecule has 0 amide bonds. The number of hydrogen-bond acceptors (Lipinski definition) is 4. The Labute approximate surface area is 136 Å². The molecule has 0 bridgehead atoms. The maximum Gasteiger partial charge on any atom is 0.343 e. The molecule has 0 fully saturated rings. The Morgan fingerprint density at radius 2 is 2.24 bits per heavy atom. The predicted octanol–water partition coefficient (Wildman–Crippen LogP) is 2.77. The van der Waals surface area contributed by atoms with E-state index in [-0.39, 0.29) is 5.69 Å². The molecule has 0 aliphatic carbocycles. The van der Waals surface area contributed by atoms with Crippen LogP contribution in [0.4, 0.5) is 0 Å². The van der Waals surface area contributed by atoms with Gasteiger partial charge in [0.25, 0.3) is 0 Å². The van der Waals surface area contributed by atoms with Gasteiger partial charge in [-0.3, -0.25) is 4.57 Å². The Morgan fingerprint density at radius 3 is 2.81 bits per heavy atom. The van der Waals surface area contributed by atoms with Gasteiger partial charge in [0, 0.05) is 23.0 Å². The third kappa shape index (κ3) is 4.46. The molecule has 7 heteroatoms. The molecule has 0 saturated carbocycles. The van der Waals surface area contributed by atoms with Crippen LogP contribution in [0.1, 0.15) is 19.4 Å². The van der Waals surface area contributed by atoms with Crippen LogP contribution in [0.5, 0.6) is 0 Å². The van der Waals surface area contributed by atoms with Gasteiger partial charge in [0.2, 0.25) is 0 Å². The molecule has 114 valence electrons. The van der Waals surface area contributed by atoms with Crippen molar-refractivity contribution < 1.29 is 0 Å². The molecule has 0 saturated heterocycles. The van der Waals surface area contributed by atoms with Crippen LogP contribution in [0.3, 0.4) is 0 Å². The van der Waals surface area contributed by atoms with Gasteiger partial charge < -0.3 is 5.32 Å². The first-order valence-corrected chi connectivity index (χ1v) is 8.36. The van der Waals surface area contributed by atoms with Gasteiger partial charge >= 0.3 is 5.69 Å². The van der Waals surface area contributed by atoms with Crippen molar-refractivity contribution in [1.29, 1.82) is 0 Å². The molecule has 0 atom stereocenters. The van der Waals surface area contributed by atoms with Gasteiger partial charge in [-0.05, 0) is 57.9 Å². The summed E-state index contributed by atoms with van der Waals surface area (Å²) in [5, 5.41) is 10.5. The van der Waals surface area contributed by atoms with Crippen molar-refractivity contribution in [2.75, 3.05) is 6.54 Å². The minimum atomic E-state index is -0.205. The zero-order valence-electron chi connectivity index (χ0n) is 12.3. The molecule has 1 aromatic carbocycles. The molecule has 2 N–H and O–H groups in total. The Hall–Kier alpha value is -1.05. The Morgan fingerprint density at radius 1 is 1.48 bits per heavy atom. The SMILES string of the molecule is CC(C)CNCc1ccc(Sc2n[nH]c(=O)n2C)c(Br)c1. The van der Waals surface area contributed by atoms with E-state index in [9.17, 15) is 4.79 Å². The molecule has 0 aliphatic heterocycles. The van der Waals surface area contributed by atoms with Crippen LogP contribution in [-0.2, 0) is 13.6 Å². The van der Waals surface area contributed by atoms with Gasteiger partial charge in [0.1, 0.15) is 0 Å². The number of nitrogens with zero attached hydrogens (tertiary/aromatic N) is 2. The minimum Gasteiger partial charge on any atom is -0.312 e. The lowest BCUT2D eigenvalue weighted by atomic mass is 10.2.